The third-order valence-corrected chi connectivity index (χ3v) is 5.36. The van der Waals surface area contributed by atoms with Crippen molar-refractivity contribution in [2.75, 3.05) is 5.23 Å². The number of benzene rings is 3. The Hall–Kier alpha value is -3.54. The van der Waals surface area contributed by atoms with Crippen LogP contribution in [-0.2, 0) is 6.18 Å². The van der Waals surface area contributed by atoms with E-state index in [1.165, 1.54) is 12.1 Å². The third-order valence-electron chi connectivity index (χ3n) is 5.36. The van der Waals surface area contributed by atoms with Crippen LogP contribution in [0.3, 0.4) is 0 Å². The molecule has 0 saturated carbocycles. The van der Waals surface area contributed by atoms with Crippen LogP contribution in [0.4, 0.5) is 18.9 Å². The van der Waals surface area contributed by atoms with Gasteiger partial charge in [-0.15, -0.1) is 0 Å². The minimum atomic E-state index is -4.34. The summed E-state index contributed by atoms with van der Waals surface area (Å²) in [4.78, 5) is 4.56. The Balaban J connectivity index is 1.52. The molecule has 30 heavy (non-hydrogen) atoms. The fourth-order valence-corrected chi connectivity index (χ4v) is 3.81. The van der Waals surface area contributed by atoms with E-state index in [1.54, 1.807) is 0 Å². The fourth-order valence-electron chi connectivity index (χ4n) is 3.81. The Morgan fingerprint density at radius 3 is 2.47 bits per heavy atom. The Morgan fingerprint density at radius 1 is 0.867 bits per heavy atom. The van der Waals surface area contributed by atoms with Gasteiger partial charge in [-0.3, -0.25) is 4.98 Å². The topological polar surface area (TPSA) is 24.9 Å². The minimum Gasteiger partial charge on any atom is -0.420 e. The second kappa shape index (κ2) is 7.06. The molecule has 4 aromatic rings. The number of pyridine rings is 1. The number of aromatic nitrogens is 1. The van der Waals surface area contributed by atoms with Gasteiger partial charge in [0.1, 0.15) is 0 Å². The summed E-state index contributed by atoms with van der Waals surface area (Å²) >= 11 is 0. The number of nitrogens with one attached hydrogen (secondary N) is 1. The molecule has 0 saturated heterocycles. The molecule has 0 atom stereocenters. The highest BCUT2D eigenvalue weighted by atomic mass is 19.4. The summed E-state index contributed by atoms with van der Waals surface area (Å²) in [6.07, 6.45) is -0.478. The number of nitrogens with zero attached hydrogens (tertiary/aromatic N) is 1. The van der Waals surface area contributed by atoms with Crippen LogP contribution in [-0.4, -0.2) is 11.8 Å². The summed E-state index contributed by atoms with van der Waals surface area (Å²) in [6, 6.07) is 21.4. The van der Waals surface area contributed by atoms with E-state index in [0.717, 1.165) is 50.9 Å². The lowest BCUT2D eigenvalue weighted by Crippen LogP contribution is -2.38. The summed E-state index contributed by atoms with van der Waals surface area (Å²) < 4.78 is 38.6. The van der Waals surface area contributed by atoms with E-state index in [0.29, 0.717) is 0 Å². The van der Waals surface area contributed by atoms with Crippen LogP contribution in [0, 0.1) is 0 Å². The number of fused-ring (bicyclic) bond motifs is 2. The van der Waals surface area contributed by atoms with Crippen molar-refractivity contribution in [3.05, 3.63) is 96.1 Å². The highest BCUT2D eigenvalue weighted by Gasteiger charge is 2.30. The maximum Gasteiger partial charge on any atom is 0.416 e. The summed E-state index contributed by atoms with van der Waals surface area (Å²) in [6.45, 7) is -0.214. The zero-order chi connectivity index (χ0) is 20.7. The van der Waals surface area contributed by atoms with Gasteiger partial charge in [0, 0.05) is 28.4 Å². The predicted octanol–water partition coefficient (Wildman–Crippen LogP) is 5.80. The van der Waals surface area contributed by atoms with Gasteiger partial charge in [0.25, 0.3) is 0 Å². The maximum atomic E-state index is 12.9. The number of hydrogen-bond donors (Lipinski definition) is 1. The van der Waals surface area contributed by atoms with E-state index >= 15 is 0 Å². The second-order valence-electron chi connectivity index (χ2n) is 7.29. The number of halogens is 3. The van der Waals surface area contributed by atoms with Gasteiger partial charge in [0.15, 0.2) is 0 Å². The van der Waals surface area contributed by atoms with Gasteiger partial charge in [-0.05, 0) is 17.7 Å². The van der Waals surface area contributed by atoms with Crippen molar-refractivity contribution in [1.29, 1.82) is 0 Å². The number of para-hydroxylation sites is 2. The molecule has 1 aliphatic heterocycles. The van der Waals surface area contributed by atoms with Gasteiger partial charge in [0.2, 0.25) is 0 Å². The SMILES string of the molecule is FC(F)(F)c1ccc(B2C=Cc3cccc(-c4cnc5ccccc5c4)c3N2)cc1. The molecule has 3 aromatic carbocycles. The summed E-state index contributed by atoms with van der Waals surface area (Å²) in [5.74, 6) is 1.97. The molecular weight excluding hydrogens is 384 g/mol. The van der Waals surface area contributed by atoms with E-state index in [-0.39, 0.29) is 6.85 Å². The zero-order valence-corrected chi connectivity index (χ0v) is 15.8. The highest BCUT2D eigenvalue weighted by molar-refractivity contribution is 6.81. The molecule has 2 nitrogen and oxygen atoms in total. The van der Waals surface area contributed by atoms with Crippen molar-refractivity contribution in [2.45, 2.75) is 6.18 Å². The molecule has 1 aromatic heterocycles. The molecule has 0 unspecified atom stereocenters. The van der Waals surface area contributed by atoms with E-state index in [2.05, 4.69) is 16.3 Å². The van der Waals surface area contributed by atoms with Crippen molar-refractivity contribution in [3.63, 3.8) is 0 Å². The van der Waals surface area contributed by atoms with E-state index in [9.17, 15) is 13.2 Å². The van der Waals surface area contributed by atoms with Gasteiger partial charge < -0.3 is 5.23 Å². The summed E-state index contributed by atoms with van der Waals surface area (Å²) in [5.41, 5.74) is 5.03. The molecule has 2 heterocycles. The van der Waals surface area contributed by atoms with Gasteiger partial charge in [-0.2, -0.15) is 13.2 Å². The fraction of sp³-hybridized carbons (Fsp3) is 0.0417. The van der Waals surface area contributed by atoms with Crippen molar-refractivity contribution >= 4 is 35.0 Å². The lowest BCUT2D eigenvalue weighted by atomic mass is 9.54. The van der Waals surface area contributed by atoms with Crippen LogP contribution in [0.2, 0.25) is 0 Å². The predicted molar refractivity (Wildman–Crippen MR) is 117 cm³/mol. The van der Waals surface area contributed by atoms with Crippen LogP contribution in [0.15, 0.2) is 85.0 Å². The van der Waals surface area contributed by atoms with Gasteiger partial charge in [-0.25, -0.2) is 0 Å². The molecular formula is C24H16BF3N2. The Labute approximate surface area is 172 Å². The Morgan fingerprint density at radius 2 is 1.67 bits per heavy atom. The van der Waals surface area contributed by atoms with Crippen LogP contribution in [0.25, 0.3) is 28.1 Å². The normalized spacial score (nSPS) is 13.2. The van der Waals surface area contributed by atoms with Crippen LogP contribution in [0.5, 0.6) is 0 Å². The molecule has 1 aliphatic rings. The third kappa shape index (κ3) is 3.34. The first-order chi connectivity index (χ1) is 14.5. The first kappa shape index (κ1) is 18.5. The number of alkyl halides is 3. The lowest BCUT2D eigenvalue weighted by molar-refractivity contribution is -0.137. The molecule has 6 heteroatoms. The minimum absolute atomic E-state index is 0.214. The number of rotatable bonds is 2. The standard InChI is InChI=1S/C24H16BF3N2/c26-24(27,28)19-8-10-20(11-9-19)25-13-12-16-5-3-6-21(23(16)30-25)18-14-17-4-1-2-7-22(17)29-15-18/h1-15,30H. The van der Waals surface area contributed by atoms with Crippen LogP contribution < -0.4 is 10.7 Å². The molecule has 0 bridgehead atoms. The average molecular weight is 400 g/mol. The van der Waals surface area contributed by atoms with Gasteiger partial charge in [0.05, 0.1) is 11.1 Å². The first-order valence-electron chi connectivity index (χ1n) is 9.59. The van der Waals surface area contributed by atoms with Gasteiger partial charge in [-0.1, -0.05) is 78.2 Å². The molecule has 5 rings (SSSR count). The summed E-state index contributed by atoms with van der Waals surface area (Å²) in [7, 11) is 0. The quantitative estimate of drug-likeness (QED) is 0.431. The van der Waals surface area contributed by atoms with Crippen LogP contribution >= 0.6 is 0 Å². The van der Waals surface area contributed by atoms with E-state index < -0.39 is 11.7 Å². The van der Waals surface area contributed by atoms with E-state index in [1.807, 2.05) is 60.7 Å². The Kier molecular flexibility index (Phi) is 4.35. The van der Waals surface area contributed by atoms with Gasteiger partial charge >= 0.3 is 13.0 Å². The average Bonchev–Trinajstić information content (AvgIpc) is 2.77. The van der Waals surface area contributed by atoms with Crippen LogP contribution in [0.1, 0.15) is 11.1 Å². The maximum absolute atomic E-state index is 12.9. The summed E-state index contributed by atoms with van der Waals surface area (Å²) in [5, 5.41) is 4.54. The zero-order valence-electron chi connectivity index (χ0n) is 15.8. The Bertz CT molecular complexity index is 1260. The first-order valence-corrected chi connectivity index (χ1v) is 9.59. The smallest absolute Gasteiger partial charge is 0.416 e. The molecule has 0 amide bonds. The molecule has 0 radical (unpaired) electrons. The largest absolute Gasteiger partial charge is 0.420 e. The highest BCUT2D eigenvalue weighted by Crippen LogP contribution is 2.35. The molecule has 1 N–H and O–H groups in total. The van der Waals surface area contributed by atoms with Crippen molar-refractivity contribution < 1.29 is 13.2 Å². The van der Waals surface area contributed by atoms with E-state index in [4.69, 9.17) is 0 Å². The molecule has 146 valence electrons. The lowest BCUT2D eigenvalue weighted by Gasteiger charge is -2.23. The second-order valence-corrected chi connectivity index (χ2v) is 7.29. The number of hydrogen-bond acceptors (Lipinski definition) is 2. The number of anilines is 1. The monoisotopic (exact) mass is 400 g/mol. The van der Waals surface area contributed by atoms with Crippen molar-refractivity contribution in [2.24, 2.45) is 0 Å². The molecule has 0 aliphatic carbocycles. The van der Waals surface area contributed by atoms with Crippen molar-refractivity contribution in [3.8, 4) is 11.1 Å². The molecule has 0 fully saturated rings. The molecule has 0 spiro atoms. The van der Waals surface area contributed by atoms with Crippen molar-refractivity contribution in [1.82, 2.24) is 4.98 Å².